The third-order valence-electron chi connectivity index (χ3n) is 4.65. The fraction of sp³-hybridized carbons (Fsp3) is 0.368. The van der Waals surface area contributed by atoms with Crippen LogP contribution in [0.25, 0.3) is 10.2 Å². The van der Waals surface area contributed by atoms with E-state index in [1.165, 1.54) is 37.7 Å². The summed E-state index contributed by atoms with van der Waals surface area (Å²) < 4.78 is 0.767. The minimum atomic E-state index is 0.487. The topological polar surface area (TPSA) is 37.8 Å². The summed E-state index contributed by atoms with van der Waals surface area (Å²) in [6.07, 6.45) is 6.29. The fourth-order valence-corrected chi connectivity index (χ4v) is 4.46. The van der Waals surface area contributed by atoms with Crippen LogP contribution in [0, 0.1) is 0 Å². The Labute approximate surface area is 151 Å². The number of anilines is 1. The summed E-state index contributed by atoms with van der Waals surface area (Å²) in [5, 5.41) is 4.52. The summed E-state index contributed by atoms with van der Waals surface area (Å²) in [4.78, 5) is 10.7. The van der Waals surface area contributed by atoms with Gasteiger partial charge < -0.3 is 5.32 Å². The Bertz CT molecular complexity index is 825. The normalized spacial score (nSPS) is 15.7. The minimum absolute atomic E-state index is 0.487. The average molecular weight is 358 g/mol. The zero-order chi connectivity index (χ0) is 16.4. The predicted octanol–water partition coefficient (Wildman–Crippen LogP) is 6.00. The number of hydrogen-bond donors (Lipinski definition) is 1. The van der Waals surface area contributed by atoms with E-state index in [4.69, 9.17) is 21.6 Å². The van der Waals surface area contributed by atoms with E-state index < -0.39 is 0 Å². The highest BCUT2D eigenvalue weighted by atomic mass is 35.5. The Hall–Kier alpha value is -1.65. The molecule has 0 radical (unpaired) electrons. The number of rotatable bonds is 4. The molecule has 2 heterocycles. The van der Waals surface area contributed by atoms with Gasteiger partial charge in [-0.05, 0) is 24.5 Å². The lowest BCUT2D eigenvalue weighted by Gasteiger charge is -2.21. The number of nitrogens with zero attached hydrogens (tertiary/aromatic N) is 2. The molecule has 5 heteroatoms. The van der Waals surface area contributed by atoms with Crippen LogP contribution in [0.4, 0.5) is 5.82 Å². The Kier molecular flexibility index (Phi) is 4.67. The molecular weight excluding hydrogens is 338 g/mol. The molecule has 2 aromatic heterocycles. The van der Waals surface area contributed by atoms with Gasteiger partial charge in [-0.2, -0.15) is 0 Å². The van der Waals surface area contributed by atoms with E-state index >= 15 is 0 Å². The van der Waals surface area contributed by atoms with Crippen molar-refractivity contribution in [1.82, 2.24) is 9.97 Å². The Morgan fingerprint density at radius 2 is 1.88 bits per heavy atom. The number of halogens is 1. The maximum atomic E-state index is 6.23. The Morgan fingerprint density at radius 1 is 1.08 bits per heavy atom. The lowest BCUT2D eigenvalue weighted by Crippen LogP contribution is -2.11. The van der Waals surface area contributed by atoms with E-state index in [1.54, 1.807) is 11.3 Å². The van der Waals surface area contributed by atoms with Gasteiger partial charge in [0.25, 0.3) is 0 Å². The minimum Gasteiger partial charge on any atom is -0.365 e. The lowest BCUT2D eigenvalue weighted by molar-refractivity contribution is 0.430. The summed E-state index contributed by atoms with van der Waals surface area (Å²) >= 11 is 7.77. The van der Waals surface area contributed by atoms with E-state index in [1.807, 2.05) is 12.1 Å². The van der Waals surface area contributed by atoms with Crippen LogP contribution in [0.15, 0.2) is 36.4 Å². The second kappa shape index (κ2) is 7.08. The molecule has 24 heavy (non-hydrogen) atoms. The molecule has 124 valence electrons. The van der Waals surface area contributed by atoms with Crippen LogP contribution in [0.5, 0.6) is 0 Å². The van der Waals surface area contributed by atoms with Crippen molar-refractivity contribution in [2.75, 3.05) is 5.32 Å². The zero-order valence-electron chi connectivity index (χ0n) is 13.5. The van der Waals surface area contributed by atoms with Crippen LogP contribution in [0.3, 0.4) is 0 Å². The lowest BCUT2D eigenvalue weighted by atomic mass is 9.89. The van der Waals surface area contributed by atoms with E-state index in [-0.39, 0.29) is 0 Å². The highest BCUT2D eigenvalue weighted by Crippen LogP contribution is 2.36. The van der Waals surface area contributed by atoms with Crippen molar-refractivity contribution < 1.29 is 0 Å². The van der Waals surface area contributed by atoms with Crippen LogP contribution >= 0.6 is 22.9 Å². The van der Waals surface area contributed by atoms with Gasteiger partial charge in [0, 0.05) is 12.5 Å². The molecule has 0 amide bonds. The third kappa shape index (κ3) is 3.40. The fourth-order valence-electron chi connectivity index (χ4n) is 3.37. The van der Waals surface area contributed by atoms with Gasteiger partial charge in [-0.3, -0.25) is 0 Å². The molecule has 1 aliphatic carbocycles. The molecule has 1 fully saturated rings. The van der Waals surface area contributed by atoms with Gasteiger partial charge in [0.15, 0.2) is 0 Å². The van der Waals surface area contributed by atoms with Gasteiger partial charge in [0.05, 0.1) is 9.72 Å². The maximum absolute atomic E-state index is 6.23. The molecule has 0 spiro atoms. The second-order valence-corrected chi connectivity index (χ2v) is 8.04. The second-order valence-electron chi connectivity index (χ2n) is 6.37. The number of fused-ring (bicyclic) bond motifs is 1. The standard InChI is InChI=1S/C19H20ClN3S/c20-16-11-15-18(21-12-13-7-3-1-4-8-13)22-17(23-19(15)24-16)14-9-5-2-6-10-14/h1,3-4,7-8,11,14H,2,5-6,9-10,12H2,(H,21,22,23). The van der Waals surface area contributed by atoms with Gasteiger partial charge in [-0.1, -0.05) is 61.2 Å². The largest absolute Gasteiger partial charge is 0.365 e. The summed E-state index contributed by atoms with van der Waals surface area (Å²) in [5.41, 5.74) is 1.24. The first-order valence-corrected chi connectivity index (χ1v) is 9.74. The summed E-state index contributed by atoms with van der Waals surface area (Å²) in [6, 6.07) is 12.4. The molecule has 4 rings (SSSR count). The van der Waals surface area contributed by atoms with Crippen molar-refractivity contribution in [1.29, 1.82) is 0 Å². The smallest absolute Gasteiger partial charge is 0.138 e. The molecule has 0 bridgehead atoms. The predicted molar refractivity (Wildman–Crippen MR) is 102 cm³/mol. The maximum Gasteiger partial charge on any atom is 0.138 e. The molecule has 1 N–H and O–H groups in total. The van der Waals surface area contributed by atoms with Crippen molar-refractivity contribution in [2.45, 2.75) is 44.6 Å². The number of hydrogen-bond acceptors (Lipinski definition) is 4. The van der Waals surface area contributed by atoms with Crippen molar-refractivity contribution >= 4 is 39.0 Å². The van der Waals surface area contributed by atoms with E-state index in [0.29, 0.717) is 5.92 Å². The number of aromatic nitrogens is 2. The van der Waals surface area contributed by atoms with Crippen molar-refractivity contribution in [3.05, 3.63) is 52.1 Å². The number of thiophene rings is 1. The van der Waals surface area contributed by atoms with Crippen molar-refractivity contribution in [3.63, 3.8) is 0 Å². The van der Waals surface area contributed by atoms with Crippen LogP contribution < -0.4 is 5.32 Å². The van der Waals surface area contributed by atoms with Gasteiger partial charge in [0.2, 0.25) is 0 Å². The monoisotopic (exact) mass is 357 g/mol. The average Bonchev–Trinajstić information content (AvgIpc) is 3.01. The molecule has 0 saturated heterocycles. The van der Waals surface area contributed by atoms with E-state index in [2.05, 4.69) is 29.6 Å². The van der Waals surface area contributed by atoms with Crippen molar-refractivity contribution in [2.24, 2.45) is 0 Å². The molecule has 0 unspecified atom stereocenters. The molecular formula is C19H20ClN3S. The Morgan fingerprint density at radius 3 is 2.67 bits per heavy atom. The molecule has 1 aliphatic rings. The summed E-state index contributed by atoms with van der Waals surface area (Å²) in [7, 11) is 0. The van der Waals surface area contributed by atoms with Crippen molar-refractivity contribution in [3.8, 4) is 0 Å². The highest BCUT2D eigenvalue weighted by molar-refractivity contribution is 7.22. The first-order chi connectivity index (χ1) is 11.8. The van der Waals surface area contributed by atoms with Crippen LogP contribution in [0.2, 0.25) is 4.34 Å². The van der Waals surface area contributed by atoms with Crippen LogP contribution in [-0.2, 0) is 6.54 Å². The highest BCUT2D eigenvalue weighted by Gasteiger charge is 2.21. The van der Waals surface area contributed by atoms with Crippen LogP contribution in [0.1, 0.15) is 49.4 Å². The van der Waals surface area contributed by atoms with E-state index in [9.17, 15) is 0 Å². The van der Waals surface area contributed by atoms with Crippen LogP contribution in [-0.4, -0.2) is 9.97 Å². The molecule has 3 aromatic rings. The zero-order valence-corrected chi connectivity index (χ0v) is 15.0. The molecule has 0 atom stereocenters. The van der Waals surface area contributed by atoms with Gasteiger partial charge in [-0.15, -0.1) is 11.3 Å². The SMILES string of the molecule is Clc1cc2c(NCc3ccccc3)nc(C3CCCCC3)nc2s1. The van der Waals surface area contributed by atoms with Gasteiger partial charge in [-0.25, -0.2) is 9.97 Å². The first kappa shape index (κ1) is 15.9. The van der Waals surface area contributed by atoms with E-state index in [0.717, 1.165) is 32.7 Å². The number of nitrogens with one attached hydrogen (secondary N) is 1. The number of benzene rings is 1. The quantitative estimate of drug-likeness (QED) is 0.621. The van der Waals surface area contributed by atoms with Gasteiger partial charge >= 0.3 is 0 Å². The summed E-state index contributed by atoms with van der Waals surface area (Å²) in [5.74, 6) is 2.38. The third-order valence-corrected chi connectivity index (χ3v) is 5.81. The molecule has 1 saturated carbocycles. The Balaban J connectivity index is 1.66. The van der Waals surface area contributed by atoms with Gasteiger partial charge in [0.1, 0.15) is 16.5 Å². The molecule has 1 aromatic carbocycles. The molecule has 3 nitrogen and oxygen atoms in total. The first-order valence-electron chi connectivity index (χ1n) is 8.54. The molecule has 0 aliphatic heterocycles. The summed E-state index contributed by atoms with van der Waals surface area (Å²) in [6.45, 7) is 0.754.